The lowest BCUT2D eigenvalue weighted by atomic mass is 10.0. The Morgan fingerprint density at radius 3 is 2.79 bits per heavy atom. The Balaban J connectivity index is 1.66. The first kappa shape index (κ1) is 17.1. The van der Waals surface area contributed by atoms with Crippen LogP contribution in [0.3, 0.4) is 0 Å². The van der Waals surface area contributed by atoms with Crippen LogP contribution >= 0.6 is 11.3 Å². The molecule has 6 nitrogen and oxygen atoms in total. The molecule has 24 heavy (non-hydrogen) atoms. The van der Waals surface area contributed by atoms with Crippen LogP contribution in [0.15, 0.2) is 6.33 Å². The SMILES string of the molecule is Cc1sc2ncnc(NCC(=O)N(C)C3CCN(C)CC3)c2c1C. The Kier molecular flexibility index (Phi) is 5.01. The van der Waals surface area contributed by atoms with Crippen LogP contribution in [0, 0.1) is 13.8 Å². The summed E-state index contributed by atoms with van der Waals surface area (Å²) in [5.41, 5.74) is 1.19. The molecule has 1 fully saturated rings. The number of likely N-dealkylation sites (tertiary alicyclic amines) is 1. The molecular formula is C17H25N5OS. The second kappa shape index (κ2) is 7.03. The number of rotatable bonds is 4. The molecule has 3 heterocycles. The molecule has 3 rings (SSSR count). The van der Waals surface area contributed by atoms with Gasteiger partial charge in [0.2, 0.25) is 5.91 Å². The van der Waals surface area contributed by atoms with Gasteiger partial charge in [-0.15, -0.1) is 11.3 Å². The molecule has 130 valence electrons. The molecule has 0 saturated carbocycles. The summed E-state index contributed by atoms with van der Waals surface area (Å²) in [7, 11) is 4.04. The van der Waals surface area contributed by atoms with Crippen LogP contribution in [-0.4, -0.2) is 65.4 Å². The van der Waals surface area contributed by atoms with Crippen molar-refractivity contribution in [2.75, 3.05) is 39.0 Å². The zero-order valence-corrected chi connectivity index (χ0v) is 15.6. The van der Waals surface area contributed by atoms with E-state index in [2.05, 4.69) is 41.1 Å². The van der Waals surface area contributed by atoms with Gasteiger partial charge in [0.05, 0.1) is 11.9 Å². The van der Waals surface area contributed by atoms with Gasteiger partial charge in [-0.2, -0.15) is 0 Å². The Labute approximate surface area is 146 Å². The van der Waals surface area contributed by atoms with Crippen LogP contribution in [-0.2, 0) is 4.79 Å². The van der Waals surface area contributed by atoms with Gasteiger partial charge in [0, 0.05) is 18.0 Å². The maximum absolute atomic E-state index is 12.5. The van der Waals surface area contributed by atoms with Crippen molar-refractivity contribution in [3.63, 3.8) is 0 Å². The van der Waals surface area contributed by atoms with Crippen molar-refractivity contribution >= 4 is 33.3 Å². The van der Waals surface area contributed by atoms with Gasteiger partial charge in [0.25, 0.3) is 0 Å². The molecule has 0 bridgehead atoms. The number of amides is 1. The number of carbonyl (C=O) groups is 1. The number of aromatic nitrogens is 2. The molecule has 0 radical (unpaired) electrons. The topological polar surface area (TPSA) is 61.4 Å². The summed E-state index contributed by atoms with van der Waals surface area (Å²) < 4.78 is 0. The highest BCUT2D eigenvalue weighted by Crippen LogP contribution is 2.32. The van der Waals surface area contributed by atoms with E-state index in [1.165, 1.54) is 10.4 Å². The zero-order chi connectivity index (χ0) is 17.3. The van der Waals surface area contributed by atoms with Crippen LogP contribution in [0.4, 0.5) is 5.82 Å². The molecule has 1 saturated heterocycles. The molecule has 1 aliphatic rings. The van der Waals surface area contributed by atoms with E-state index in [1.54, 1.807) is 17.7 Å². The number of piperidine rings is 1. The van der Waals surface area contributed by atoms with Crippen molar-refractivity contribution in [1.82, 2.24) is 19.8 Å². The van der Waals surface area contributed by atoms with E-state index in [0.29, 0.717) is 6.04 Å². The van der Waals surface area contributed by atoms with Gasteiger partial charge in [-0.1, -0.05) is 0 Å². The Morgan fingerprint density at radius 2 is 2.08 bits per heavy atom. The summed E-state index contributed by atoms with van der Waals surface area (Å²) in [5.74, 6) is 0.868. The van der Waals surface area contributed by atoms with E-state index in [0.717, 1.165) is 42.0 Å². The second-order valence-electron chi connectivity index (χ2n) is 6.58. The third-order valence-electron chi connectivity index (χ3n) is 5.00. The van der Waals surface area contributed by atoms with E-state index < -0.39 is 0 Å². The van der Waals surface area contributed by atoms with Gasteiger partial charge in [-0.3, -0.25) is 4.79 Å². The first-order valence-electron chi connectivity index (χ1n) is 8.36. The average molecular weight is 347 g/mol. The summed E-state index contributed by atoms with van der Waals surface area (Å²) in [5, 5.41) is 4.26. The first-order valence-corrected chi connectivity index (χ1v) is 9.17. The lowest BCUT2D eigenvalue weighted by Gasteiger charge is -2.35. The fourth-order valence-electron chi connectivity index (χ4n) is 3.19. The van der Waals surface area contributed by atoms with Gasteiger partial charge in [0.1, 0.15) is 17.0 Å². The molecule has 0 atom stereocenters. The van der Waals surface area contributed by atoms with Gasteiger partial charge in [0.15, 0.2) is 0 Å². The predicted octanol–water partition coefficient (Wildman–Crippen LogP) is 2.27. The number of hydrogen-bond donors (Lipinski definition) is 1. The van der Waals surface area contributed by atoms with Crippen molar-refractivity contribution in [1.29, 1.82) is 0 Å². The maximum Gasteiger partial charge on any atom is 0.241 e. The minimum Gasteiger partial charge on any atom is -0.360 e. The lowest BCUT2D eigenvalue weighted by molar-refractivity contribution is -0.130. The monoisotopic (exact) mass is 347 g/mol. The van der Waals surface area contributed by atoms with E-state index in [4.69, 9.17) is 0 Å². The highest BCUT2D eigenvalue weighted by atomic mass is 32.1. The number of hydrogen-bond acceptors (Lipinski definition) is 6. The van der Waals surface area contributed by atoms with E-state index in [-0.39, 0.29) is 12.5 Å². The predicted molar refractivity (Wildman–Crippen MR) is 98.7 cm³/mol. The van der Waals surface area contributed by atoms with E-state index in [9.17, 15) is 4.79 Å². The first-order chi connectivity index (χ1) is 11.5. The summed E-state index contributed by atoms with van der Waals surface area (Å²) in [4.78, 5) is 27.6. The summed E-state index contributed by atoms with van der Waals surface area (Å²) in [6.45, 7) is 6.54. The number of carbonyl (C=O) groups excluding carboxylic acids is 1. The van der Waals surface area contributed by atoms with Crippen LogP contribution in [0.25, 0.3) is 10.2 Å². The standard InChI is InChI=1S/C17H25N5OS/c1-11-12(2)24-17-15(11)16(19-10-20-17)18-9-14(23)22(4)13-5-7-21(3)8-6-13/h10,13H,5-9H2,1-4H3,(H,18,19,20). The number of likely N-dealkylation sites (N-methyl/N-ethyl adjacent to an activating group) is 1. The van der Waals surface area contributed by atoms with Crippen LogP contribution in [0.5, 0.6) is 0 Å². The van der Waals surface area contributed by atoms with Crippen molar-refractivity contribution in [2.24, 2.45) is 0 Å². The van der Waals surface area contributed by atoms with Crippen molar-refractivity contribution < 1.29 is 4.79 Å². The Bertz CT molecular complexity index is 736. The van der Waals surface area contributed by atoms with Crippen molar-refractivity contribution in [3.8, 4) is 0 Å². The fraction of sp³-hybridized carbons (Fsp3) is 0.588. The number of anilines is 1. The number of nitrogens with zero attached hydrogens (tertiary/aromatic N) is 4. The smallest absolute Gasteiger partial charge is 0.241 e. The quantitative estimate of drug-likeness (QED) is 0.919. The molecule has 1 N–H and O–H groups in total. The van der Waals surface area contributed by atoms with Crippen LogP contribution in [0.1, 0.15) is 23.3 Å². The second-order valence-corrected chi connectivity index (χ2v) is 7.78. The number of thiophene rings is 1. The van der Waals surface area contributed by atoms with Gasteiger partial charge >= 0.3 is 0 Å². The molecule has 1 amide bonds. The highest BCUT2D eigenvalue weighted by Gasteiger charge is 2.24. The maximum atomic E-state index is 12.5. The minimum absolute atomic E-state index is 0.112. The number of fused-ring (bicyclic) bond motifs is 1. The Morgan fingerprint density at radius 1 is 1.38 bits per heavy atom. The number of aryl methyl sites for hydroxylation is 2. The normalized spacial score (nSPS) is 16.5. The zero-order valence-electron chi connectivity index (χ0n) is 14.8. The van der Waals surface area contributed by atoms with Gasteiger partial charge in [-0.05, 0) is 52.4 Å². The minimum atomic E-state index is 0.112. The summed E-state index contributed by atoms with van der Waals surface area (Å²) >= 11 is 1.67. The largest absolute Gasteiger partial charge is 0.360 e. The fourth-order valence-corrected chi connectivity index (χ4v) is 4.18. The molecular weight excluding hydrogens is 322 g/mol. The molecule has 0 unspecified atom stereocenters. The van der Waals surface area contributed by atoms with Crippen molar-refractivity contribution in [3.05, 3.63) is 16.8 Å². The molecule has 2 aromatic heterocycles. The molecule has 1 aliphatic heterocycles. The van der Waals surface area contributed by atoms with Crippen molar-refractivity contribution in [2.45, 2.75) is 32.7 Å². The molecule has 7 heteroatoms. The van der Waals surface area contributed by atoms with Gasteiger partial charge < -0.3 is 15.1 Å². The molecule has 2 aromatic rings. The summed E-state index contributed by atoms with van der Waals surface area (Å²) in [6.07, 6.45) is 3.64. The van der Waals surface area contributed by atoms with E-state index >= 15 is 0 Å². The summed E-state index contributed by atoms with van der Waals surface area (Å²) in [6, 6.07) is 0.339. The lowest BCUT2D eigenvalue weighted by Crippen LogP contribution is -2.46. The molecule has 0 spiro atoms. The Hall–Kier alpha value is -1.73. The highest BCUT2D eigenvalue weighted by molar-refractivity contribution is 7.18. The third-order valence-corrected chi connectivity index (χ3v) is 6.12. The average Bonchev–Trinajstić information content (AvgIpc) is 2.88. The molecule has 0 aliphatic carbocycles. The van der Waals surface area contributed by atoms with Gasteiger partial charge in [-0.25, -0.2) is 9.97 Å². The third kappa shape index (κ3) is 3.37. The van der Waals surface area contributed by atoms with Crippen LogP contribution < -0.4 is 5.32 Å². The number of nitrogens with one attached hydrogen (secondary N) is 1. The van der Waals surface area contributed by atoms with E-state index in [1.807, 2.05) is 11.9 Å². The van der Waals surface area contributed by atoms with Crippen LogP contribution in [0.2, 0.25) is 0 Å². The molecule has 0 aromatic carbocycles.